The van der Waals surface area contributed by atoms with Gasteiger partial charge < -0.3 is 14.2 Å². The van der Waals surface area contributed by atoms with Crippen LogP contribution in [0.5, 0.6) is 0 Å². The van der Waals surface area contributed by atoms with Crippen molar-refractivity contribution in [2.75, 3.05) is 19.8 Å². The number of benzene rings is 2. The van der Waals surface area contributed by atoms with Crippen LogP contribution in [0.25, 0.3) is 0 Å². The summed E-state index contributed by atoms with van der Waals surface area (Å²) in [6.07, 6.45) is 15.5. The van der Waals surface area contributed by atoms with Crippen LogP contribution < -0.4 is 0 Å². The van der Waals surface area contributed by atoms with Crippen molar-refractivity contribution in [3.8, 4) is 0 Å². The summed E-state index contributed by atoms with van der Waals surface area (Å²) in [5.74, 6) is 0. The van der Waals surface area contributed by atoms with Gasteiger partial charge in [-0.1, -0.05) is 94.6 Å². The monoisotopic (exact) mass is 634 g/mol. The third-order valence-electron chi connectivity index (χ3n) is 8.10. The largest absolute Gasteiger partial charge is 0.373 e. The maximum Gasteiger partial charge on any atom is 0.185 e. The highest BCUT2D eigenvalue weighted by atomic mass is 32.2. The standard InChI is InChI=1S/C39H54O5S/c1-31(24-26-42-30-36-17-7-6-8-18-36)13-11-14-33(3)27-38(45(40,41)37-22-20-32(2)21-23-37)28-34(4)15-12-16-35(5)29-44-39-19-9-10-25-43-39/h6-8,14,16-18,20-24,28,38-39H,9-13,15,19,25-27,29-30H2,1-5H3/b31-24-,33-14-,34-28-,35-16-. The highest BCUT2D eigenvalue weighted by Crippen LogP contribution is 2.25. The predicted molar refractivity (Wildman–Crippen MR) is 186 cm³/mol. The van der Waals surface area contributed by atoms with Gasteiger partial charge in [0.1, 0.15) is 0 Å². The Kier molecular flexibility index (Phi) is 16.0. The molecule has 0 bridgehead atoms. The molecule has 2 aromatic rings. The second-order valence-electron chi connectivity index (χ2n) is 12.5. The van der Waals surface area contributed by atoms with Crippen molar-refractivity contribution in [1.29, 1.82) is 0 Å². The lowest BCUT2D eigenvalue weighted by atomic mass is 10.0. The Morgan fingerprint density at radius 3 is 2.24 bits per heavy atom. The molecule has 1 saturated heterocycles. The van der Waals surface area contributed by atoms with E-state index < -0.39 is 15.1 Å². The number of aryl methyl sites for hydroxylation is 1. The van der Waals surface area contributed by atoms with E-state index >= 15 is 0 Å². The van der Waals surface area contributed by atoms with E-state index in [1.165, 1.54) is 16.7 Å². The summed E-state index contributed by atoms with van der Waals surface area (Å²) in [5.41, 5.74) is 6.83. The smallest absolute Gasteiger partial charge is 0.185 e. The maximum atomic E-state index is 13.8. The van der Waals surface area contributed by atoms with E-state index in [2.05, 4.69) is 44.2 Å². The zero-order valence-electron chi connectivity index (χ0n) is 28.1. The molecule has 2 atom stereocenters. The normalized spacial score (nSPS) is 17.8. The van der Waals surface area contributed by atoms with Gasteiger partial charge in [-0.15, -0.1) is 0 Å². The summed E-state index contributed by atoms with van der Waals surface area (Å²) in [7, 11) is -3.54. The van der Waals surface area contributed by atoms with E-state index in [4.69, 9.17) is 14.2 Å². The fraction of sp³-hybridized carbons (Fsp3) is 0.487. The van der Waals surface area contributed by atoms with Gasteiger partial charge in [-0.25, -0.2) is 8.42 Å². The first kappa shape index (κ1) is 36.7. The first-order chi connectivity index (χ1) is 21.6. The van der Waals surface area contributed by atoms with E-state index in [1.54, 1.807) is 12.1 Å². The minimum absolute atomic E-state index is 0.0911. The van der Waals surface area contributed by atoms with Gasteiger partial charge in [-0.3, -0.25) is 0 Å². The fourth-order valence-corrected chi connectivity index (χ4v) is 6.99. The van der Waals surface area contributed by atoms with Crippen molar-refractivity contribution >= 4 is 9.84 Å². The van der Waals surface area contributed by atoms with Crippen LogP contribution in [0.1, 0.15) is 90.2 Å². The Labute approximate surface area is 273 Å². The molecule has 1 fully saturated rings. The van der Waals surface area contributed by atoms with Gasteiger partial charge in [0.2, 0.25) is 0 Å². The molecule has 3 rings (SSSR count). The highest BCUT2D eigenvalue weighted by Gasteiger charge is 2.26. The molecular weight excluding hydrogens is 580 g/mol. The number of rotatable bonds is 18. The van der Waals surface area contributed by atoms with Crippen LogP contribution in [0.4, 0.5) is 0 Å². The van der Waals surface area contributed by atoms with Crippen molar-refractivity contribution in [3.05, 3.63) is 112 Å². The van der Waals surface area contributed by atoms with E-state index in [0.717, 1.165) is 68.3 Å². The van der Waals surface area contributed by atoms with Crippen LogP contribution in [0.3, 0.4) is 0 Å². The highest BCUT2D eigenvalue weighted by molar-refractivity contribution is 7.92. The van der Waals surface area contributed by atoms with Crippen molar-refractivity contribution in [2.45, 2.75) is 109 Å². The minimum atomic E-state index is -3.54. The average molecular weight is 635 g/mol. The molecule has 2 unspecified atom stereocenters. The molecule has 0 amide bonds. The molecule has 0 spiro atoms. The molecule has 0 aromatic heterocycles. The van der Waals surface area contributed by atoms with Crippen molar-refractivity contribution in [2.24, 2.45) is 0 Å². The Morgan fingerprint density at radius 1 is 0.867 bits per heavy atom. The summed E-state index contributed by atoms with van der Waals surface area (Å²) in [5, 5.41) is -0.614. The molecule has 1 aliphatic rings. The topological polar surface area (TPSA) is 61.8 Å². The van der Waals surface area contributed by atoms with Crippen LogP contribution in [0.15, 0.2) is 106 Å². The fourth-order valence-electron chi connectivity index (χ4n) is 5.23. The van der Waals surface area contributed by atoms with Crippen molar-refractivity contribution < 1.29 is 22.6 Å². The Morgan fingerprint density at radius 2 is 1.56 bits per heavy atom. The second-order valence-corrected chi connectivity index (χ2v) is 14.6. The van der Waals surface area contributed by atoms with E-state index in [-0.39, 0.29) is 6.29 Å². The molecule has 45 heavy (non-hydrogen) atoms. The van der Waals surface area contributed by atoms with Gasteiger partial charge >= 0.3 is 0 Å². The second kappa shape index (κ2) is 19.7. The van der Waals surface area contributed by atoms with Crippen LogP contribution in [-0.2, 0) is 30.7 Å². The summed E-state index contributed by atoms with van der Waals surface area (Å²) in [6.45, 7) is 12.8. The van der Waals surface area contributed by atoms with Gasteiger partial charge in [0.25, 0.3) is 0 Å². The Bertz CT molecular complexity index is 1380. The van der Waals surface area contributed by atoms with Gasteiger partial charge in [0.15, 0.2) is 16.1 Å². The molecule has 5 nitrogen and oxygen atoms in total. The number of allylic oxidation sites excluding steroid dienone is 5. The molecule has 1 heterocycles. The summed E-state index contributed by atoms with van der Waals surface area (Å²) in [6, 6.07) is 17.4. The van der Waals surface area contributed by atoms with Crippen molar-refractivity contribution in [1.82, 2.24) is 0 Å². The molecule has 0 aliphatic carbocycles. The lowest BCUT2D eigenvalue weighted by Crippen LogP contribution is -2.22. The van der Waals surface area contributed by atoms with E-state index in [9.17, 15) is 8.42 Å². The van der Waals surface area contributed by atoms with Crippen molar-refractivity contribution in [3.63, 3.8) is 0 Å². The molecule has 0 N–H and O–H groups in total. The number of ether oxygens (including phenoxy) is 3. The van der Waals surface area contributed by atoms with Gasteiger partial charge in [-0.05, 0) is 104 Å². The lowest BCUT2D eigenvalue weighted by Gasteiger charge is -2.22. The van der Waals surface area contributed by atoms with Gasteiger partial charge in [0.05, 0.1) is 30.0 Å². The molecule has 0 radical (unpaired) electrons. The number of hydrogen-bond donors (Lipinski definition) is 0. The first-order valence-electron chi connectivity index (χ1n) is 16.4. The first-order valence-corrected chi connectivity index (χ1v) is 18.0. The summed E-state index contributed by atoms with van der Waals surface area (Å²) < 4.78 is 45.0. The zero-order valence-corrected chi connectivity index (χ0v) is 28.9. The van der Waals surface area contributed by atoms with Crippen LogP contribution in [0.2, 0.25) is 0 Å². The van der Waals surface area contributed by atoms with E-state index in [0.29, 0.717) is 31.1 Å². The zero-order chi connectivity index (χ0) is 32.5. The predicted octanol–water partition coefficient (Wildman–Crippen LogP) is 9.63. The Balaban J connectivity index is 1.57. The molecule has 6 heteroatoms. The van der Waals surface area contributed by atoms with Crippen LogP contribution in [0, 0.1) is 6.92 Å². The molecule has 246 valence electrons. The quantitative estimate of drug-likeness (QED) is 0.121. The van der Waals surface area contributed by atoms with Crippen LogP contribution >= 0.6 is 0 Å². The number of sulfone groups is 1. The Hall–Kier alpha value is -2.77. The SMILES string of the molecule is C/C(=C/COCc1ccccc1)CC/C=C(/C)CC(/C=C(/C)CC/C=C(/C)COC1CCCCO1)S(=O)(=O)c1ccc(C)cc1. The van der Waals surface area contributed by atoms with Gasteiger partial charge in [-0.2, -0.15) is 0 Å². The number of hydrogen-bond acceptors (Lipinski definition) is 5. The van der Waals surface area contributed by atoms with Gasteiger partial charge in [0, 0.05) is 6.61 Å². The average Bonchev–Trinajstić information content (AvgIpc) is 3.03. The molecule has 2 aromatic carbocycles. The molecule has 0 saturated carbocycles. The maximum absolute atomic E-state index is 13.8. The molecular formula is C39H54O5S. The van der Waals surface area contributed by atoms with Crippen LogP contribution in [-0.4, -0.2) is 39.8 Å². The third kappa shape index (κ3) is 14.0. The van der Waals surface area contributed by atoms with E-state index in [1.807, 2.05) is 57.2 Å². The minimum Gasteiger partial charge on any atom is -0.373 e. The third-order valence-corrected chi connectivity index (χ3v) is 10.1. The molecule has 1 aliphatic heterocycles. The summed E-state index contributed by atoms with van der Waals surface area (Å²) >= 11 is 0. The lowest BCUT2D eigenvalue weighted by molar-refractivity contribution is -0.156. The summed E-state index contributed by atoms with van der Waals surface area (Å²) in [4.78, 5) is 0.377.